The number of aromatic hydroxyl groups is 1. The molecule has 35 nitrogen and oxygen atoms in total. The second-order valence-electron chi connectivity index (χ2n) is 32.4. The Labute approximate surface area is 686 Å². The van der Waals surface area contributed by atoms with Gasteiger partial charge in [-0.1, -0.05) is 78.6 Å². The lowest BCUT2D eigenvalue weighted by Gasteiger charge is -2.56. The number of phenols is 1. The number of urea groups is 1. The Morgan fingerprint density at radius 2 is 1.08 bits per heavy atom. The highest BCUT2D eigenvalue weighted by Crippen LogP contribution is 2.60. The molecule has 0 bridgehead atoms. The van der Waals surface area contributed by atoms with E-state index in [9.17, 15) is 88.2 Å². The Morgan fingerprint density at radius 1 is 0.551 bits per heavy atom. The van der Waals surface area contributed by atoms with Crippen LogP contribution in [0.5, 0.6) is 5.75 Å². The van der Waals surface area contributed by atoms with Crippen LogP contribution in [0.3, 0.4) is 0 Å². The normalized spacial score (nSPS) is 22.5. The van der Waals surface area contributed by atoms with Crippen LogP contribution in [0.25, 0.3) is 0 Å². The number of rotatable bonds is 45. The van der Waals surface area contributed by atoms with Gasteiger partial charge in [-0.25, -0.2) is 9.59 Å². The molecule has 0 aromatic heterocycles. The number of amides is 13. The van der Waals surface area contributed by atoms with Gasteiger partial charge in [0.25, 0.3) is 11.8 Å². The van der Waals surface area contributed by atoms with Gasteiger partial charge < -0.3 is 108 Å². The number of primary amides is 1. The van der Waals surface area contributed by atoms with Gasteiger partial charge in [0.05, 0.1) is 89.5 Å². The van der Waals surface area contributed by atoms with Crippen LogP contribution in [0.4, 0.5) is 21.0 Å². The van der Waals surface area contributed by atoms with Gasteiger partial charge in [-0.05, 0) is 170 Å². The molecule has 118 heavy (non-hydrogen) atoms. The third-order valence-corrected chi connectivity index (χ3v) is 23.8. The summed E-state index contributed by atoms with van der Waals surface area (Å²) in [6, 6.07) is 10.8. The monoisotopic (exact) mass is 1650 g/mol. The molecular formula is C83H119N11O24. The van der Waals surface area contributed by atoms with Crippen LogP contribution < -0.4 is 53.6 Å². The fourth-order valence-electron chi connectivity index (χ4n) is 17.2. The SMILES string of the molecule is CC(C)[C@H](NC(=O)[C@@H](CCCC(=O)NC[C@H](O)[C@@H](O)[C@H](O)[C@H](O)CO)NC(=O)CCOCCOCCOCCOCCN1C(=O)C=CC1=O)C(=O)N[C@@H](CCCNC(N)=O)C(=O)Nc1ccc(COC(=O)N[C@@H](CO)C(=O)Nc2ccc3c(c2)[C@@]2(C)CCC[C@](C)(C(=O)NC(=O)[C@@]4(C)CCC[C@]5(C)c6cc(O)ccc6CC[C@@H]45)[C@@H]2CC3)cc1. The van der Waals surface area contributed by atoms with Crippen LogP contribution in [0.2, 0.25) is 0 Å². The molecule has 1 aliphatic heterocycles. The van der Waals surface area contributed by atoms with Gasteiger partial charge in [0.2, 0.25) is 47.3 Å². The summed E-state index contributed by atoms with van der Waals surface area (Å²) in [5.74, 6) is -6.47. The van der Waals surface area contributed by atoms with Crippen LogP contribution >= 0.6 is 0 Å². The number of ether oxygens (including phenoxy) is 5. The van der Waals surface area contributed by atoms with Crippen LogP contribution in [-0.2, 0) is 102 Å². The highest BCUT2D eigenvalue weighted by atomic mass is 16.6. The summed E-state index contributed by atoms with van der Waals surface area (Å²) < 4.78 is 27.4. The van der Waals surface area contributed by atoms with E-state index in [4.69, 9.17) is 34.5 Å². The molecule has 650 valence electrons. The zero-order chi connectivity index (χ0) is 86.1. The fraction of sp³-hybridized carbons (Fsp3) is 0.614. The third kappa shape index (κ3) is 25.0. The van der Waals surface area contributed by atoms with Gasteiger partial charge in [-0.15, -0.1) is 0 Å². The van der Waals surface area contributed by atoms with Gasteiger partial charge in [0, 0.05) is 49.5 Å². The summed E-state index contributed by atoms with van der Waals surface area (Å²) in [6.07, 6.45) is 0.444. The Kier molecular flexibility index (Phi) is 35.0. The first kappa shape index (κ1) is 93.9. The number of carbonyl (C=O) groups excluding carboxylic acids is 12. The van der Waals surface area contributed by atoms with Gasteiger partial charge in [-0.2, -0.15) is 0 Å². The molecule has 2 fully saturated rings. The van der Waals surface area contributed by atoms with E-state index in [0.717, 1.165) is 53.7 Å². The first-order valence-corrected chi connectivity index (χ1v) is 40.6. The van der Waals surface area contributed by atoms with Gasteiger partial charge >= 0.3 is 12.1 Å². The molecular weight excluding hydrogens is 1530 g/mol. The number of nitrogens with one attached hydrogen (secondary N) is 9. The number of aliphatic hydroxyl groups is 6. The number of aryl methyl sites for hydroxylation is 2. The van der Waals surface area contributed by atoms with Crippen molar-refractivity contribution in [3.63, 3.8) is 0 Å². The lowest BCUT2D eigenvalue weighted by molar-refractivity contribution is -0.150. The number of nitrogens with two attached hydrogens (primary N) is 1. The van der Waals surface area contributed by atoms with E-state index in [1.54, 1.807) is 26.0 Å². The lowest BCUT2D eigenvalue weighted by atomic mass is 9.49. The topological polar surface area (TPSA) is 530 Å². The second kappa shape index (κ2) is 43.9. The molecule has 4 aliphatic carbocycles. The van der Waals surface area contributed by atoms with Crippen LogP contribution in [0.1, 0.15) is 159 Å². The van der Waals surface area contributed by atoms with E-state index in [0.29, 0.717) is 43.4 Å². The number of anilines is 2. The number of benzene rings is 3. The van der Waals surface area contributed by atoms with Gasteiger partial charge in [0.1, 0.15) is 54.8 Å². The zero-order valence-electron chi connectivity index (χ0n) is 68.1. The highest BCUT2D eigenvalue weighted by Gasteiger charge is 2.59. The van der Waals surface area contributed by atoms with E-state index in [-0.39, 0.29) is 152 Å². The number of phenolic OH excluding ortho intramolecular Hbond substituents is 1. The van der Waals surface area contributed by atoms with Crippen molar-refractivity contribution in [3.05, 3.63) is 101 Å². The number of aliphatic hydroxyl groups excluding tert-OH is 6. The van der Waals surface area contributed by atoms with E-state index in [1.165, 1.54) is 42.0 Å². The quantitative estimate of drug-likeness (QED) is 0.0282. The molecule has 13 amide bonds. The summed E-state index contributed by atoms with van der Waals surface area (Å²) >= 11 is 0. The van der Waals surface area contributed by atoms with Crippen LogP contribution in [-0.4, -0.2) is 246 Å². The summed E-state index contributed by atoms with van der Waals surface area (Å²) in [6.45, 7) is 10.1. The molecule has 0 spiro atoms. The molecule has 3 aromatic rings. The second-order valence-corrected chi connectivity index (χ2v) is 32.4. The van der Waals surface area contributed by atoms with Gasteiger partial charge in [0.15, 0.2) is 0 Å². The zero-order valence-corrected chi connectivity index (χ0v) is 68.1. The van der Waals surface area contributed by atoms with Crippen LogP contribution in [0, 0.1) is 28.6 Å². The minimum atomic E-state index is -1.95. The van der Waals surface area contributed by atoms with Crippen molar-refractivity contribution in [2.45, 2.75) is 210 Å². The molecule has 1 heterocycles. The van der Waals surface area contributed by atoms with Crippen molar-refractivity contribution in [2.24, 2.45) is 34.3 Å². The number of hydrogen-bond acceptors (Lipinski definition) is 24. The molecule has 0 saturated heterocycles. The van der Waals surface area contributed by atoms with Crippen molar-refractivity contribution >= 4 is 82.6 Å². The standard InChI is InChI=1S/C83H119N11O24/c1-49(2)69(92-73(107)58(11-7-13-65(100)86-45-61(98)70(104)71(105)62(99)47-96)89-66(101)28-35-114-37-39-116-41-42-117-40-38-115-36-34-94-67(102)26-27-68(94)103)75(109)90-59(12-8-33-85-78(84)112)72(106)87-53-20-14-50(15-21-53)48-118-79(113)91-60(46-95)74(108)88-54-22-16-51-18-24-63-80(3,56(51)43-54)29-9-31-82(63,5)76(110)93-77(111)83(6)32-10-30-81(4)57-44-55(97)23-17-52(57)19-25-64(81)83/h14-17,20-23,26-27,43-44,49,58-64,69-71,95-99,104-105H,7-13,18-19,24-25,28-42,45-48H2,1-6H3,(H,86,100)(H,87,106)(H,88,108)(H,89,101)(H,90,109)(H,91,113)(H,92,107)(H3,84,85,112)(H,93,110,111)/t58-,59+,60+,61+,62-,63-,64-,69+,70-,71-,80-,81-,82+,83+/m1/s1. The lowest BCUT2D eigenvalue weighted by Crippen LogP contribution is -2.60. The van der Waals surface area contributed by atoms with E-state index < -0.39 is 150 Å². The van der Waals surface area contributed by atoms with Crippen molar-refractivity contribution in [2.75, 3.05) is 96.3 Å². The minimum Gasteiger partial charge on any atom is -0.508 e. The number of carbonyl (C=O) groups is 12. The first-order chi connectivity index (χ1) is 56.1. The Hall–Kier alpha value is -9.56. The molecule has 2 saturated carbocycles. The van der Waals surface area contributed by atoms with Crippen molar-refractivity contribution in [3.8, 4) is 5.75 Å². The number of imide groups is 2. The average molecular weight is 1650 g/mol. The Morgan fingerprint density at radius 3 is 1.65 bits per heavy atom. The molecule has 3 aromatic carbocycles. The first-order valence-electron chi connectivity index (χ1n) is 40.6. The maximum Gasteiger partial charge on any atom is 0.408 e. The molecule has 35 heteroatoms. The average Bonchev–Trinajstić information content (AvgIpc) is 0.784. The smallest absolute Gasteiger partial charge is 0.408 e. The summed E-state index contributed by atoms with van der Waals surface area (Å²) in [5, 5.41) is 94.0. The van der Waals surface area contributed by atoms with Crippen LogP contribution in [0.15, 0.2) is 72.8 Å². The molecule has 8 rings (SSSR count). The van der Waals surface area contributed by atoms with E-state index in [1.807, 2.05) is 38.1 Å². The highest BCUT2D eigenvalue weighted by molar-refractivity contribution is 6.13. The number of alkyl carbamates (subject to hydrolysis) is 1. The molecule has 5 aliphatic rings. The van der Waals surface area contributed by atoms with Crippen molar-refractivity contribution in [1.82, 2.24) is 42.1 Å². The minimum absolute atomic E-state index is 0.00532. The Bertz CT molecular complexity index is 4020. The molecule has 18 N–H and O–H groups in total. The largest absolute Gasteiger partial charge is 0.508 e. The number of nitrogens with zero attached hydrogens (tertiary/aromatic N) is 1. The van der Waals surface area contributed by atoms with Crippen molar-refractivity contribution in [1.29, 1.82) is 0 Å². The van der Waals surface area contributed by atoms with Crippen molar-refractivity contribution < 1.29 is 117 Å². The predicted molar refractivity (Wildman–Crippen MR) is 427 cm³/mol. The molecule has 0 radical (unpaired) electrons. The molecule has 0 unspecified atom stereocenters. The van der Waals surface area contributed by atoms with E-state index in [2.05, 4.69) is 61.7 Å². The predicted octanol–water partition coefficient (Wildman–Crippen LogP) is 1.58. The number of fused-ring (bicyclic) bond motifs is 6. The Balaban J connectivity index is 0.815. The van der Waals surface area contributed by atoms with Gasteiger partial charge in [-0.3, -0.25) is 58.2 Å². The maximum absolute atomic E-state index is 14.8. The van der Waals surface area contributed by atoms with E-state index >= 15 is 0 Å². The maximum atomic E-state index is 14.8. The summed E-state index contributed by atoms with van der Waals surface area (Å²) in [7, 11) is 0. The number of hydrogen-bond donors (Lipinski definition) is 17. The third-order valence-electron chi connectivity index (χ3n) is 23.8. The summed E-state index contributed by atoms with van der Waals surface area (Å²) in [4.78, 5) is 162. The summed E-state index contributed by atoms with van der Waals surface area (Å²) in [5.41, 5.74) is 8.04. The molecule has 14 atom stereocenters. The fourth-order valence-corrected chi connectivity index (χ4v) is 17.2.